The fraction of sp³-hybridized carbons (Fsp3) is 0.412. The third-order valence-corrected chi connectivity index (χ3v) is 5.12. The van der Waals surface area contributed by atoms with Crippen molar-refractivity contribution in [3.8, 4) is 10.6 Å². The molecule has 8 heteroatoms. The monoisotopic (exact) mass is 369 g/mol. The molecule has 4 nitrogen and oxygen atoms in total. The number of urea groups is 1. The molecular weight excluding hydrogens is 351 g/mol. The Balaban J connectivity index is 1.65. The molecule has 0 aliphatic heterocycles. The lowest BCUT2D eigenvalue weighted by atomic mass is 9.84. The molecule has 0 spiro atoms. The molecule has 2 N–H and O–H groups in total. The van der Waals surface area contributed by atoms with Gasteiger partial charge in [-0.2, -0.15) is 13.2 Å². The van der Waals surface area contributed by atoms with Gasteiger partial charge >= 0.3 is 12.2 Å². The van der Waals surface area contributed by atoms with E-state index in [4.69, 9.17) is 0 Å². The van der Waals surface area contributed by atoms with E-state index in [2.05, 4.69) is 15.6 Å². The van der Waals surface area contributed by atoms with Gasteiger partial charge in [0.25, 0.3) is 0 Å². The summed E-state index contributed by atoms with van der Waals surface area (Å²) in [4.78, 5) is 16.4. The Morgan fingerprint density at radius 2 is 2.04 bits per heavy atom. The molecule has 1 aromatic heterocycles. The van der Waals surface area contributed by atoms with Crippen LogP contribution in [0.3, 0.4) is 0 Å². The van der Waals surface area contributed by atoms with E-state index >= 15 is 0 Å². The summed E-state index contributed by atoms with van der Waals surface area (Å²) in [6.07, 6.45) is -0.960. The number of alkyl halides is 3. The molecule has 1 fully saturated rings. The van der Waals surface area contributed by atoms with E-state index in [1.807, 2.05) is 11.4 Å². The van der Waals surface area contributed by atoms with Crippen LogP contribution in [0.25, 0.3) is 10.6 Å². The number of benzene rings is 1. The van der Waals surface area contributed by atoms with Gasteiger partial charge in [-0.25, -0.2) is 9.78 Å². The Hall–Kier alpha value is -2.09. The highest BCUT2D eigenvalue weighted by molar-refractivity contribution is 7.13. The Bertz CT molecular complexity index is 718. The molecule has 0 bridgehead atoms. The Kier molecular flexibility index (Phi) is 5.27. The third-order valence-electron chi connectivity index (χ3n) is 4.30. The Morgan fingerprint density at radius 3 is 2.76 bits per heavy atom. The van der Waals surface area contributed by atoms with E-state index in [1.165, 1.54) is 11.3 Å². The second kappa shape index (κ2) is 7.43. The first kappa shape index (κ1) is 17.7. The van der Waals surface area contributed by atoms with Crippen LogP contribution in [0.2, 0.25) is 0 Å². The maximum atomic E-state index is 13.1. The van der Waals surface area contributed by atoms with Gasteiger partial charge in [-0.05, 0) is 25.0 Å². The van der Waals surface area contributed by atoms with E-state index < -0.39 is 24.2 Å². The van der Waals surface area contributed by atoms with Gasteiger partial charge in [0.1, 0.15) is 5.01 Å². The van der Waals surface area contributed by atoms with Crippen molar-refractivity contribution >= 4 is 23.1 Å². The number of aromatic nitrogens is 1. The number of hydrogen-bond acceptors (Lipinski definition) is 3. The van der Waals surface area contributed by atoms with Crippen LogP contribution in [0.5, 0.6) is 0 Å². The summed E-state index contributed by atoms with van der Waals surface area (Å²) in [6.45, 7) is 0. The largest absolute Gasteiger partial charge is 0.393 e. The molecule has 1 aliphatic rings. The summed E-state index contributed by atoms with van der Waals surface area (Å²) < 4.78 is 39.3. The maximum absolute atomic E-state index is 13.1. The van der Waals surface area contributed by atoms with Crippen LogP contribution in [0.1, 0.15) is 25.7 Å². The molecule has 1 heterocycles. The van der Waals surface area contributed by atoms with Gasteiger partial charge < -0.3 is 10.6 Å². The van der Waals surface area contributed by atoms with E-state index in [9.17, 15) is 18.0 Å². The lowest BCUT2D eigenvalue weighted by Crippen LogP contribution is -2.48. The minimum absolute atomic E-state index is 0.0635. The molecule has 2 atom stereocenters. The molecule has 2 amide bonds. The van der Waals surface area contributed by atoms with Gasteiger partial charge in [0, 0.05) is 28.9 Å². The molecule has 1 aromatic carbocycles. The molecule has 1 aliphatic carbocycles. The number of amides is 2. The smallest absolute Gasteiger partial charge is 0.335 e. The van der Waals surface area contributed by atoms with Gasteiger partial charge in [-0.15, -0.1) is 11.3 Å². The van der Waals surface area contributed by atoms with Crippen molar-refractivity contribution in [1.82, 2.24) is 10.3 Å². The zero-order chi connectivity index (χ0) is 17.9. The molecule has 134 valence electrons. The highest BCUT2D eigenvalue weighted by Gasteiger charge is 2.45. The zero-order valence-corrected chi connectivity index (χ0v) is 14.2. The molecular formula is C17H18F3N3OS. The van der Waals surface area contributed by atoms with Gasteiger partial charge in [0.2, 0.25) is 0 Å². The number of carbonyl (C=O) groups is 1. The van der Waals surface area contributed by atoms with Crippen LogP contribution in [-0.4, -0.2) is 23.2 Å². The minimum atomic E-state index is -4.29. The Morgan fingerprint density at radius 1 is 1.24 bits per heavy atom. The number of anilines is 1. The second-order valence-electron chi connectivity index (χ2n) is 6.06. The summed E-state index contributed by atoms with van der Waals surface area (Å²) in [6, 6.07) is 5.58. The first-order chi connectivity index (χ1) is 11.9. The predicted molar refractivity (Wildman–Crippen MR) is 91.5 cm³/mol. The predicted octanol–water partition coefficient (Wildman–Crippen LogP) is 5.05. The normalized spacial score (nSPS) is 20.9. The van der Waals surface area contributed by atoms with E-state index in [-0.39, 0.29) is 6.42 Å². The SMILES string of the molecule is O=C(Nc1cccc(-c2nccs2)c1)N[C@H]1CCCC[C@@H]1C(F)(F)F. The van der Waals surface area contributed by atoms with Gasteiger partial charge in [-0.1, -0.05) is 25.0 Å². The number of carbonyl (C=O) groups excluding carboxylic acids is 1. The summed E-state index contributed by atoms with van der Waals surface area (Å²) in [7, 11) is 0. The van der Waals surface area contributed by atoms with Crippen molar-refractivity contribution in [2.24, 2.45) is 5.92 Å². The highest BCUT2D eigenvalue weighted by atomic mass is 32.1. The van der Waals surface area contributed by atoms with Crippen molar-refractivity contribution < 1.29 is 18.0 Å². The number of halogens is 3. The van der Waals surface area contributed by atoms with Crippen LogP contribution >= 0.6 is 11.3 Å². The first-order valence-corrected chi connectivity index (χ1v) is 8.95. The highest BCUT2D eigenvalue weighted by Crippen LogP contribution is 2.37. The Labute approximate surface area is 147 Å². The fourth-order valence-corrected chi connectivity index (χ4v) is 3.76. The molecule has 25 heavy (non-hydrogen) atoms. The van der Waals surface area contributed by atoms with Crippen molar-refractivity contribution in [3.05, 3.63) is 35.8 Å². The molecule has 3 rings (SSSR count). The van der Waals surface area contributed by atoms with Crippen LogP contribution in [0.15, 0.2) is 35.8 Å². The summed E-state index contributed by atoms with van der Waals surface area (Å²) in [5.74, 6) is -1.48. The molecule has 0 saturated heterocycles. The van der Waals surface area contributed by atoms with Crippen molar-refractivity contribution in [3.63, 3.8) is 0 Å². The maximum Gasteiger partial charge on any atom is 0.393 e. The molecule has 0 unspecified atom stereocenters. The second-order valence-corrected chi connectivity index (χ2v) is 6.95. The molecule has 1 saturated carbocycles. The number of hydrogen-bond donors (Lipinski definition) is 2. The topological polar surface area (TPSA) is 54.0 Å². The molecule has 2 aromatic rings. The average molecular weight is 369 g/mol. The summed E-state index contributed by atoms with van der Waals surface area (Å²) in [5, 5.41) is 7.78. The minimum Gasteiger partial charge on any atom is -0.335 e. The van der Waals surface area contributed by atoms with Crippen LogP contribution in [0, 0.1) is 5.92 Å². The van der Waals surface area contributed by atoms with E-state index in [1.54, 1.807) is 24.4 Å². The fourth-order valence-electron chi connectivity index (χ4n) is 3.13. The first-order valence-electron chi connectivity index (χ1n) is 8.07. The number of rotatable bonds is 3. The zero-order valence-electron chi connectivity index (χ0n) is 13.3. The number of thiazole rings is 1. The van der Waals surface area contributed by atoms with Gasteiger partial charge in [0.15, 0.2) is 0 Å². The summed E-state index contributed by atoms with van der Waals surface area (Å²) in [5.41, 5.74) is 1.36. The van der Waals surface area contributed by atoms with Crippen molar-refractivity contribution in [2.75, 3.05) is 5.32 Å². The van der Waals surface area contributed by atoms with Crippen molar-refractivity contribution in [2.45, 2.75) is 37.9 Å². The lowest BCUT2D eigenvalue weighted by molar-refractivity contribution is -0.187. The standard InChI is InChI=1S/C17H18F3N3OS/c18-17(19,20)13-6-1-2-7-14(13)23-16(24)22-12-5-3-4-11(10-12)15-21-8-9-25-15/h3-5,8-10,13-14H,1-2,6-7H2,(H2,22,23,24)/t13-,14-/m0/s1. The van der Waals surface area contributed by atoms with Crippen LogP contribution in [-0.2, 0) is 0 Å². The summed E-state index contributed by atoms with van der Waals surface area (Å²) >= 11 is 1.47. The average Bonchev–Trinajstić information content (AvgIpc) is 3.09. The number of nitrogens with one attached hydrogen (secondary N) is 2. The third kappa shape index (κ3) is 4.50. The van der Waals surface area contributed by atoms with Crippen LogP contribution < -0.4 is 10.6 Å². The molecule has 0 radical (unpaired) electrons. The van der Waals surface area contributed by atoms with Gasteiger partial charge in [0.05, 0.1) is 5.92 Å². The number of nitrogens with zero attached hydrogens (tertiary/aromatic N) is 1. The van der Waals surface area contributed by atoms with E-state index in [0.717, 1.165) is 10.6 Å². The lowest BCUT2D eigenvalue weighted by Gasteiger charge is -2.33. The van der Waals surface area contributed by atoms with Gasteiger partial charge in [-0.3, -0.25) is 0 Å². The quantitative estimate of drug-likeness (QED) is 0.795. The van der Waals surface area contributed by atoms with E-state index in [0.29, 0.717) is 24.9 Å². The van der Waals surface area contributed by atoms with Crippen molar-refractivity contribution in [1.29, 1.82) is 0 Å². The van der Waals surface area contributed by atoms with Crippen LogP contribution in [0.4, 0.5) is 23.7 Å².